The minimum Gasteiger partial charge on any atom is -0.341 e. The molecule has 1 aromatic carbocycles. The number of amides is 1. The van der Waals surface area contributed by atoms with Gasteiger partial charge in [-0.1, -0.05) is 30.3 Å². The summed E-state index contributed by atoms with van der Waals surface area (Å²) in [6.45, 7) is 3.33. The van der Waals surface area contributed by atoms with Crippen LogP contribution >= 0.6 is 11.3 Å². The SMILES string of the molecule is Cc1nc(C2(c3ccccc3)CCN(C(=O)Cn3cccnc3=O)CC2)cs1. The van der Waals surface area contributed by atoms with Crippen LogP contribution in [-0.2, 0) is 16.8 Å². The lowest BCUT2D eigenvalue weighted by atomic mass is 9.70. The molecule has 1 fully saturated rings. The van der Waals surface area contributed by atoms with Crippen LogP contribution in [0.5, 0.6) is 0 Å². The van der Waals surface area contributed by atoms with Gasteiger partial charge in [-0.15, -0.1) is 11.3 Å². The van der Waals surface area contributed by atoms with Gasteiger partial charge in [0.2, 0.25) is 5.91 Å². The minimum atomic E-state index is -0.399. The lowest BCUT2D eigenvalue weighted by Crippen LogP contribution is -2.47. The molecule has 0 bridgehead atoms. The number of hydrogen-bond donors (Lipinski definition) is 0. The summed E-state index contributed by atoms with van der Waals surface area (Å²) in [5, 5.41) is 3.20. The molecule has 0 saturated carbocycles. The number of likely N-dealkylation sites (tertiary alicyclic amines) is 1. The average molecular weight is 395 g/mol. The monoisotopic (exact) mass is 394 g/mol. The maximum atomic E-state index is 12.7. The van der Waals surface area contributed by atoms with Crippen molar-refractivity contribution in [2.75, 3.05) is 13.1 Å². The molecule has 1 aliphatic rings. The van der Waals surface area contributed by atoms with E-state index < -0.39 is 5.69 Å². The standard InChI is InChI=1S/C21H22N4O2S/c1-16-23-18(15-28-16)21(17-6-3-2-4-7-17)8-12-24(13-9-21)19(26)14-25-11-5-10-22-20(25)27/h2-7,10-11,15H,8-9,12-14H2,1H3. The van der Waals surface area contributed by atoms with Crippen LogP contribution < -0.4 is 5.69 Å². The van der Waals surface area contributed by atoms with Crippen molar-refractivity contribution in [3.63, 3.8) is 0 Å². The highest BCUT2D eigenvalue weighted by atomic mass is 32.1. The van der Waals surface area contributed by atoms with E-state index in [9.17, 15) is 9.59 Å². The summed E-state index contributed by atoms with van der Waals surface area (Å²) in [4.78, 5) is 34.9. The van der Waals surface area contributed by atoms with Gasteiger partial charge < -0.3 is 4.90 Å². The Bertz CT molecular complexity index is 1020. The number of carbonyl (C=O) groups is 1. The fraction of sp³-hybridized carbons (Fsp3) is 0.333. The van der Waals surface area contributed by atoms with Gasteiger partial charge in [0.15, 0.2) is 0 Å². The largest absolute Gasteiger partial charge is 0.347 e. The van der Waals surface area contributed by atoms with Gasteiger partial charge in [-0.3, -0.25) is 9.36 Å². The Morgan fingerprint density at radius 1 is 1.18 bits per heavy atom. The zero-order valence-electron chi connectivity index (χ0n) is 15.7. The van der Waals surface area contributed by atoms with Crippen LogP contribution in [-0.4, -0.2) is 38.4 Å². The summed E-state index contributed by atoms with van der Waals surface area (Å²) >= 11 is 1.67. The van der Waals surface area contributed by atoms with E-state index in [-0.39, 0.29) is 17.9 Å². The van der Waals surface area contributed by atoms with Crippen LogP contribution in [0, 0.1) is 6.92 Å². The number of hydrogen-bond acceptors (Lipinski definition) is 5. The second-order valence-electron chi connectivity index (χ2n) is 7.11. The molecular formula is C21H22N4O2S. The molecule has 7 heteroatoms. The summed E-state index contributed by atoms with van der Waals surface area (Å²) < 4.78 is 1.35. The van der Waals surface area contributed by atoms with Crippen molar-refractivity contribution in [3.05, 3.63) is 80.9 Å². The van der Waals surface area contributed by atoms with Crippen molar-refractivity contribution < 1.29 is 4.79 Å². The number of aromatic nitrogens is 3. The molecule has 1 amide bonds. The maximum absolute atomic E-state index is 12.7. The van der Waals surface area contributed by atoms with E-state index in [0.717, 1.165) is 23.5 Å². The molecule has 2 aromatic heterocycles. The molecule has 3 heterocycles. The van der Waals surface area contributed by atoms with Crippen LogP contribution in [0.4, 0.5) is 0 Å². The van der Waals surface area contributed by atoms with Gasteiger partial charge in [-0.2, -0.15) is 0 Å². The molecule has 0 aliphatic carbocycles. The van der Waals surface area contributed by atoms with Crippen LogP contribution in [0.2, 0.25) is 0 Å². The third-order valence-corrected chi connectivity index (χ3v) is 6.27. The lowest BCUT2D eigenvalue weighted by Gasteiger charge is -2.41. The van der Waals surface area contributed by atoms with Gasteiger partial charge in [-0.05, 0) is 31.4 Å². The van der Waals surface area contributed by atoms with Crippen molar-refractivity contribution in [2.45, 2.75) is 31.7 Å². The first-order chi connectivity index (χ1) is 13.6. The molecular weight excluding hydrogens is 372 g/mol. The molecule has 0 atom stereocenters. The lowest BCUT2D eigenvalue weighted by molar-refractivity contribution is -0.133. The maximum Gasteiger partial charge on any atom is 0.347 e. The molecule has 4 rings (SSSR count). The van der Waals surface area contributed by atoms with Gasteiger partial charge in [0.1, 0.15) is 6.54 Å². The molecule has 3 aromatic rings. The van der Waals surface area contributed by atoms with Crippen LogP contribution in [0.15, 0.2) is 59.0 Å². The topological polar surface area (TPSA) is 68.1 Å². The molecule has 6 nitrogen and oxygen atoms in total. The summed E-state index contributed by atoms with van der Waals surface area (Å²) in [7, 11) is 0. The van der Waals surface area contributed by atoms with Crippen molar-refractivity contribution in [2.24, 2.45) is 0 Å². The number of benzene rings is 1. The quantitative estimate of drug-likeness (QED) is 0.682. The summed E-state index contributed by atoms with van der Waals surface area (Å²) in [6, 6.07) is 12.1. The molecule has 0 spiro atoms. The molecule has 0 radical (unpaired) electrons. The predicted molar refractivity (Wildman–Crippen MR) is 108 cm³/mol. The second kappa shape index (κ2) is 7.67. The second-order valence-corrected chi connectivity index (χ2v) is 8.17. The molecule has 144 valence electrons. The van der Waals surface area contributed by atoms with E-state index in [1.165, 1.54) is 16.3 Å². The number of nitrogens with zero attached hydrogens (tertiary/aromatic N) is 4. The predicted octanol–water partition coefficient (Wildman–Crippen LogP) is 2.62. The number of thiazole rings is 1. The Morgan fingerprint density at radius 3 is 2.57 bits per heavy atom. The Balaban J connectivity index is 1.55. The van der Waals surface area contributed by atoms with Crippen LogP contribution in [0.3, 0.4) is 0 Å². The number of piperidine rings is 1. The van der Waals surface area contributed by atoms with Gasteiger partial charge in [0, 0.05) is 36.3 Å². The van der Waals surface area contributed by atoms with Crippen LogP contribution in [0.1, 0.15) is 29.1 Å². The van der Waals surface area contributed by atoms with E-state index >= 15 is 0 Å². The Morgan fingerprint density at radius 2 is 1.93 bits per heavy atom. The minimum absolute atomic E-state index is 0.0286. The molecule has 1 saturated heterocycles. The van der Waals surface area contributed by atoms with E-state index in [4.69, 9.17) is 4.98 Å². The number of carbonyl (C=O) groups excluding carboxylic acids is 1. The smallest absolute Gasteiger partial charge is 0.341 e. The van der Waals surface area contributed by atoms with Gasteiger partial charge in [0.05, 0.1) is 10.7 Å². The zero-order valence-corrected chi connectivity index (χ0v) is 16.6. The van der Waals surface area contributed by atoms with Gasteiger partial charge in [0.25, 0.3) is 0 Å². The summed E-state index contributed by atoms with van der Waals surface area (Å²) in [5.74, 6) is -0.0498. The Kier molecular flexibility index (Phi) is 5.09. The average Bonchev–Trinajstić information content (AvgIpc) is 3.17. The molecule has 0 N–H and O–H groups in total. The van der Waals surface area contributed by atoms with Crippen molar-refractivity contribution in [1.82, 2.24) is 19.4 Å². The fourth-order valence-electron chi connectivity index (χ4n) is 3.92. The third kappa shape index (κ3) is 3.49. The van der Waals surface area contributed by atoms with E-state index in [2.05, 4.69) is 34.6 Å². The van der Waals surface area contributed by atoms with Gasteiger partial charge in [-0.25, -0.2) is 14.8 Å². The normalized spacial score (nSPS) is 16.1. The fourth-order valence-corrected chi connectivity index (χ4v) is 4.64. The first-order valence-electron chi connectivity index (χ1n) is 9.36. The first kappa shape index (κ1) is 18.6. The van der Waals surface area contributed by atoms with Gasteiger partial charge >= 0.3 is 5.69 Å². The van der Waals surface area contributed by atoms with Crippen molar-refractivity contribution in [1.29, 1.82) is 0 Å². The van der Waals surface area contributed by atoms with E-state index in [1.54, 1.807) is 23.6 Å². The molecule has 1 aliphatic heterocycles. The molecule has 28 heavy (non-hydrogen) atoms. The Hall–Kier alpha value is -2.80. The Labute approximate surface area is 167 Å². The zero-order chi connectivity index (χ0) is 19.6. The van der Waals surface area contributed by atoms with Crippen LogP contribution in [0.25, 0.3) is 0 Å². The summed E-state index contributed by atoms with van der Waals surface area (Å²) in [6.07, 6.45) is 4.67. The highest BCUT2D eigenvalue weighted by Gasteiger charge is 2.40. The third-order valence-electron chi connectivity index (χ3n) is 5.49. The highest BCUT2D eigenvalue weighted by molar-refractivity contribution is 7.09. The first-order valence-corrected chi connectivity index (χ1v) is 10.2. The number of aryl methyl sites for hydroxylation is 1. The highest BCUT2D eigenvalue weighted by Crippen LogP contribution is 2.41. The number of rotatable bonds is 4. The van der Waals surface area contributed by atoms with E-state index in [1.807, 2.05) is 17.9 Å². The van der Waals surface area contributed by atoms with Crippen molar-refractivity contribution in [3.8, 4) is 0 Å². The molecule has 0 unspecified atom stereocenters. The van der Waals surface area contributed by atoms with Crippen molar-refractivity contribution >= 4 is 17.2 Å². The summed E-state index contributed by atoms with van der Waals surface area (Å²) in [5.41, 5.74) is 1.77. The van der Waals surface area contributed by atoms with E-state index in [0.29, 0.717) is 13.1 Å².